The van der Waals surface area contributed by atoms with E-state index in [4.69, 9.17) is 4.42 Å². The number of amides is 1. The summed E-state index contributed by atoms with van der Waals surface area (Å²) in [4.78, 5) is 12.0. The molecule has 2 N–H and O–H groups in total. The van der Waals surface area contributed by atoms with Crippen molar-refractivity contribution >= 4 is 5.91 Å². The number of aliphatic hydroxyl groups is 1. The minimum Gasteiger partial charge on any atom is -0.466 e. The van der Waals surface area contributed by atoms with Crippen molar-refractivity contribution in [3.63, 3.8) is 0 Å². The van der Waals surface area contributed by atoms with Gasteiger partial charge < -0.3 is 14.8 Å². The van der Waals surface area contributed by atoms with E-state index in [0.29, 0.717) is 12.8 Å². The fraction of sp³-hybridized carbons (Fsp3) is 0.389. The van der Waals surface area contributed by atoms with Crippen molar-refractivity contribution in [1.29, 1.82) is 0 Å². The molecule has 4 heteroatoms. The van der Waals surface area contributed by atoms with Crippen LogP contribution in [-0.2, 0) is 17.6 Å². The minimum absolute atomic E-state index is 0.0901. The van der Waals surface area contributed by atoms with E-state index in [-0.39, 0.29) is 18.6 Å². The Morgan fingerprint density at radius 2 is 1.95 bits per heavy atom. The van der Waals surface area contributed by atoms with Gasteiger partial charge in [-0.3, -0.25) is 4.79 Å². The Balaban J connectivity index is 1.89. The number of hydrogen-bond acceptors (Lipinski definition) is 3. The molecule has 0 spiro atoms. The van der Waals surface area contributed by atoms with Gasteiger partial charge in [0.1, 0.15) is 11.5 Å². The number of nitrogens with one attached hydrogen (secondary N) is 1. The number of aliphatic hydroxyl groups excluding tert-OH is 1. The lowest BCUT2D eigenvalue weighted by molar-refractivity contribution is -0.122. The van der Waals surface area contributed by atoms with Crippen LogP contribution in [0.2, 0.25) is 0 Å². The average molecular weight is 301 g/mol. The zero-order valence-corrected chi connectivity index (χ0v) is 13.1. The van der Waals surface area contributed by atoms with Crippen LogP contribution in [0, 0.1) is 6.92 Å². The van der Waals surface area contributed by atoms with E-state index < -0.39 is 0 Å². The van der Waals surface area contributed by atoms with Gasteiger partial charge in [0.05, 0.1) is 12.6 Å². The van der Waals surface area contributed by atoms with E-state index in [1.807, 2.05) is 43.3 Å². The Morgan fingerprint density at radius 3 is 2.50 bits per heavy atom. The summed E-state index contributed by atoms with van der Waals surface area (Å²) in [6.07, 6.45) is 1.88. The lowest BCUT2D eigenvalue weighted by Crippen LogP contribution is -2.30. The molecule has 0 saturated carbocycles. The fourth-order valence-corrected chi connectivity index (χ4v) is 2.34. The summed E-state index contributed by atoms with van der Waals surface area (Å²) in [5, 5.41) is 12.4. The first-order chi connectivity index (χ1) is 10.6. The lowest BCUT2D eigenvalue weighted by atomic mass is 10.0. The molecule has 1 atom stereocenters. The second-order valence-electron chi connectivity index (χ2n) is 5.41. The zero-order chi connectivity index (χ0) is 15.9. The predicted octanol–water partition coefficient (Wildman–Crippen LogP) is 2.93. The van der Waals surface area contributed by atoms with Crippen molar-refractivity contribution < 1.29 is 14.3 Å². The normalized spacial score (nSPS) is 12.1. The monoisotopic (exact) mass is 301 g/mol. The molecule has 1 unspecified atom stereocenters. The van der Waals surface area contributed by atoms with E-state index in [1.54, 1.807) is 0 Å². The van der Waals surface area contributed by atoms with Gasteiger partial charge in [-0.25, -0.2) is 0 Å². The van der Waals surface area contributed by atoms with Crippen molar-refractivity contribution in [2.75, 3.05) is 6.61 Å². The van der Waals surface area contributed by atoms with Gasteiger partial charge in [-0.15, -0.1) is 0 Å². The van der Waals surface area contributed by atoms with E-state index in [9.17, 15) is 9.90 Å². The first kappa shape index (κ1) is 16.3. The summed E-state index contributed by atoms with van der Waals surface area (Å²) in [6, 6.07) is 11.4. The van der Waals surface area contributed by atoms with Crippen LogP contribution in [0.1, 0.15) is 42.0 Å². The van der Waals surface area contributed by atoms with Gasteiger partial charge in [-0.1, -0.05) is 31.2 Å². The van der Waals surface area contributed by atoms with Gasteiger partial charge in [-0.05, 0) is 36.6 Å². The highest BCUT2D eigenvalue weighted by Crippen LogP contribution is 2.15. The Bertz CT molecular complexity index is 601. The molecule has 0 aliphatic heterocycles. The SMILES string of the molecule is CCc1ccc(C(CO)NC(=O)CCc2ccc(C)o2)cc1. The van der Waals surface area contributed by atoms with Gasteiger partial charge in [0.25, 0.3) is 0 Å². The summed E-state index contributed by atoms with van der Waals surface area (Å²) >= 11 is 0. The molecule has 0 radical (unpaired) electrons. The van der Waals surface area contributed by atoms with Gasteiger partial charge in [0, 0.05) is 12.8 Å². The molecule has 1 aromatic carbocycles. The van der Waals surface area contributed by atoms with Gasteiger partial charge in [0.15, 0.2) is 0 Å². The van der Waals surface area contributed by atoms with Gasteiger partial charge in [-0.2, -0.15) is 0 Å². The fourth-order valence-electron chi connectivity index (χ4n) is 2.34. The molecule has 22 heavy (non-hydrogen) atoms. The standard InChI is InChI=1S/C18H23NO3/c1-3-14-5-7-15(8-6-14)17(12-20)19-18(21)11-10-16-9-4-13(2)22-16/h4-9,17,20H,3,10-12H2,1-2H3,(H,19,21). The predicted molar refractivity (Wildman–Crippen MR) is 85.6 cm³/mol. The molecular formula is C18H23NO3. The number of hydrogen-bond donors (Lipinski definition) is 2. The summed E-state index contributed by atoms with van der Waals surface area (Å²) in [5.41, 5.74) is 2.15. The Hall–Kier alpha value is -2.07. The molecule has 0 aliphatic carbocycles. The highest BCUT2D eigenvalue weighted by atomic mass is 16.3. The van der Waals surface area contributed by atoms with Crippen LogP contribution in [0.15, 0.2) is 40.8 Å². The van der Waals surface area contributed by atoms with Crippen molar-refractivity contribution in [3.8, 4) is 0 Å². The molecule has 1 heterocycles. The number of benzene rings is 1. The maximum absolute atomic E-state index is 12.0. The van der Waals surface area contributed by atoms with E-state index in [1.165, 1.54) is 5.56 Å². The van der Waals surface area contributed by atoms with Crippen LogP contribution in [-0.4, -0.2) is 17.6 Å². The Morgan fingerprint density at radius 1 is 1.23 bits per heavy atom. The summed E-state index contributed by atoms with van der Waals surface area (Å²) in [7, 11) is 0. The molecule has 2 rings (SSSR count). The van der Waals surface area contributed by atoms with Crippen molar-refractivity contribution in [2.24, 2.45) is 0 Å². The topological polar surface area (TPSA) is 62.5 Å². The quantitative estimate of drug-likeness (QED) is 0.826. The third-order valence-electron chi connectivity index (χ3n) is 3.70. The largest absolute Gasteiger partial charge is 0.466 e. The molecular weight excluding hydrogens is 278 g/mol. The van der Waals surface area contributed by atoms with Crippen LogP contribution >= 0.6 is 0 Å². The van der Waals surface area contributed by atoms with Crippen LogP contribution < -0.4 is 5.32 Å². The maximum Gasteiger partial charge on any atom is 0.221 e. The molecule has 118 valence electrons. The second-order valence-corrected chi connectivity index (χ2v) is 5.41. The average Bonchev–Trinajstić information content (AvgIpc) is 2.96. The number of carbonyl (C=O) groups is 1. The number of aryl methyl sites for hydroxylation is 3. The molecule has 1 aromatic heterocycles. The molecule has 0 aliphatic rings. The minimum atomic E-state index is -0.364. The van der Waals surface area contributed by atoms with Crippen molar-refractivity contribution in [1.82, 2.24) is 5.32 Å². The number of carbonyl (C=O) groups excluding carboxylic acids is 1. The first-order valence-corrected chi connectivity index (χ1v) is 7.66. The highest BCUT2D eigenvalue weighted by Gasteiger charge is 2.14. The molecule has 0 saturated heterocycles. The van der Waals surface area contributed by atoms with Crippen LogP contribution in [0.4, 0.5) is 0 Å². The van der Waals surface area contributed by atoms with Crippen molar-refractivity contribution in [3.05, 3.63) is 59.0 Å². The van der Waals surface area contributed by atoms with Gasteiger partial charge >= 0.3 is 0 Å². The highest BCUT2D eigenvalue weighted by molar-refractivity contribution is 5.76. The lowest BCUT2D eigenvalue weighted by Gasteiger charge is -2.17. The molecule has 0 bridgehead atoms. The van der Waals surface area contributed by atoms with Crippen LogP contribution in [0.3, 0.4) is 0 Å². The van der Waals surface area contributed by atoms with Crippen LogP contribution in [0.25, 0.3) is 0 Å². The first-order valence-electron chi connectivity index (χ1n) is 7.66. The summed E-state index contributed by atoms with van der Waals surface area (Å²) in [5.74, 6) is 1.56. The molecule has 2 aromatic rings. The van der Waals surface area contributed by atoms with E-state index in [2.05, 4.69) is 12.2 Å². The van der Waals surface area contributed by atoms with Gasteiger partial charge in [0.2, 0.25) is 5.91 Å². The Kier molecular flexibility index (Phi) is 5.78. The second kappa shape index (κ2) is 7.80. The third kappa shape index (κ3) is 4.46. The number of rotatable bonds is 7. The van der Waals surface area contributed by atoms with Crippen molar-refractivity contribution in [2.45, 2.75) is 39.2 Å². The number of furan rings is 1. The maximum atomic E-state index is 12.0. The van der Waals surface area contributed by atoms with E-state index in [0.717, 1.165) is 23.5 Å². The Labute approximate surface area is 131 Å². The molecule has 1 amide bonds. The summed E-state index contributed by atoms with van der Waals surface area (Å²) in [6.45, 7) is 3.86. The third-order valence-corrected chi connectivity index (χ3v) is 3.70. The van der Waals surface area contributed by atoms with Crippen LogP contribution in [0.5, 0.6) is 0 Å². The molecule has 4 nitrogen and oxygen atoms in total. The zero-order valence-electron chi connectivity index (χ0n) is 13.1. The smallest absolute Gasteiger partial charge is 0.221 e. The molecule has 0 fully saturated rings. The summed E-state index contributed by atoms with van der Waals surface area (Å²) < 4.78 is 5.45. The van der Waals surface area contributed by atoms with E-state index >= 15 is 0 Å².